The fourth-order valence-corrected chi connectivity index (χ4v) is 4.00. The number of hydrogen-bond donors (Lipinski definition) is 2. The molecule has 1 atom stereocenters. The van der Waals surface area contributed by atoms with Gasteiger partial charge in [0.15, 0.2) is 0 Å². The normalized spacial score (nSPS) is 20.0. The van der Waals surface area contributed by atoms with Crippen LogP contribution in [0.25, 0.3) is 0 Å². The molecular weight excluding hydrogens is 331 g/mol. The van der Waals surface area contributed by atoms with Gasteiger partial charge >= 0.3 is 0 Å². The van der Waals surface area contributed by atoms with Crippen LogP contribution in [-0.4, -0.2) is 24.4 Å². The highest BCUT2D eigenvalue weighted by Gasteiger charge is 2.51. The highest BCUT2D eigenvalue weighted by Crippen LogP contribution is 2.48. The van der Waals surface area contributed by atoms with Crippen molar-refractivity contribution in [2.24, 2.45) is 5.92 Å². The fraction of sp³-hybridized carbons (Fsp3) is 0.524. The zero-order valence-corrected chi connectivity index (χ0v) is 15.1. The van der Waals surface area contributed by atoms with Crippen LogP contribution in [0.2, 0.25) is 0 Å². The number of carbonyl (C=O) groups is 2. The van der Waals surface area contributed by atoms with Crippen molar-refractivity contribution in [3.63, 3.8) is 0 Å². The molecule has 1 aromatic rings. The molecule has 2 amide bonds. The molecule has 0 spiro atoms. The molecule has 140 valence electrons. The third kappa shape index (κ3) is 4.14. The first-order chi connectivity index (χ1) is 12.5. The summed E-state index contributed by atoms with van der Waals surface area (Å²) in [6.07, 6.45) is 8.50. The van der Waals surface area contributed by atoms with E-state index in [-0.39, 0.29) is 23.7 Å². The van der Waals surface area contributed by atoms with Crippen molar-refractivity contribution in [1.82, 2.24) is 10.6 Å². The van der Waals surface area contributed by atoms with Crippen LogP contribution in [0.1, 0.15) is 50.5 Å². The van der Waals surface area contributed by atoms with Gasteiger partial charge < -0.3 is 10.6 Å². The van der Waals surface area contributed by atoms with E-state index in [2.05, 4.69) is 17.2 Å². The Morgan fingerprint density at radius 3 is 2.42 bits per heavy atom. The maximum absolute atomic E-state index is 13.2. The predicted molar refractivity (Wildman–Crippen MR) is 99.0 cm³/mol. The van der Waals surface area contributed by atoms with Crippen LogP contribution >= 0.6 is 0 Å². The van der Waals surface area contributed by atoms with E-state index in [1.165, 1.54) is 24.6 Å². The topological polar surface area (TPSA) is 58.2 Å². The minimum atomic E-state index is -0.539. The number of benzene rings is 1. The molecule has 4 nitrogen and oxygen atoms in total. The van der Waals surface area contributed by atoms with E-state index < -0.39 is 5.41 Å². The van der Waals surface area contributed by atoms with Gasteiger partial charge in [0.05, 0.1) is 5.41 Å². The summed E-state index contributed by atoms with van der Waals surface area (Å²) in [6, 6.07) is 6.15. The van der Waals surface area contributed by atoms with Crippen LogP contribution in [0.3, 0.4) is 0 Å². The van der Waals surface area contributed by atoms with E-state index in [0.717, 1.165) is 44.1 Å². The van der Waals surface area contributed by atoms with Crippen LogP contribution in [-0.2, 0) is 15.0 Å². The quantitative estimate of drug-likeness (QED) is 0.735. The molecule has 0 saturated heterocycles. The van der Waals surface area contributed by atoms with E-state index in [4.69, 9.17) is 0 Å². The number of hydrogen-bond acceptors (Lipinski definition) is 2. The third-order valence-electron chi connectivity index (χ3n) is 5.80. The van der Waals surface area contributed by atoms with E-state index in [9.17, 15) is 14.0 Å². The lowest BCUT2D eigenvalue weighted by atomic mass is 9.83. The monoisotopic (exact) mass is 358 g/mol. The summed E-state index contributed by atoms with van der Waals surface area (Å²) < 4.78 is 13.2. The lowest BCUT2D eigenvalue weighted by molar-refractivity contribution is -0.125. The van der Waals surface area contributed by atoms with Crippen molar-refractivity contribution in [2.75, 3.05) is 6.54 Å². The Balaban J connectivity index is 1.70. The lowest BCUT2D eigenvalue weighted by Crippen LogP contribution is -2.51. The second-order valence-electron chi connectivity index (χ2n) is 7.52. The molecule has 0 aromatic heterocycles. The molecule has 2 saturated carbocycles. The summed E-state index contributed by atoms with van der Waals surface area (Å²) >= 11 is 0. The van der Waals surface area contributed by atoms with Crippen LogP contribution in [0.5, 0.6) is 0 Å². The van der Waals surface area contributed by atoms with Gasteiger partial charge in [0.25, 0.3) is 0 Å². The lowest BCUT2D eigenvalue weighted by Gasteiger charge is -2.32. The first kappa shape index (κ1) is 18.6. The SMILES string of the molecule is C=CC(=O)NCC(NC(=O)C1(c2ccc(F)cc2)CC1)C1CCCCC1. The number of nitrogens with one attached hydrogen (secondary N) is 2. The summed E-state index contributed by atoms with van der Waals surface area (Å²) in [6.45, 7) is 3.90. The summed E-state index contributed by atoms with van der Waals surface area (Å²) in [5.74, 6) is -0.147. The summed E-state index contributed by atoms with van der Waals surface area (Å²) in [5, 5.41) is 6.03. The predicted octanol–water partition coefficient (Wildman–Crippen LogP) is 3.22. The van der Waals surface area contributed by atoms with Gasteiger partial charge in [-0.1, -0.05) is 38.0 Å². The number of rotatable bonds is 7. The third-order valence-corrected chi connectivity index (χ3v) is 5.80. The second-order valence-corrected chi connectivity index (χ2v) is 7.52. The van der Waals surface area contributed by atoms with Crippen LogP contribution in [0.15, 0.2) is 36.9 Å². The molecule has 0 heterocycles. The van der Waals surface area contributed by atoms with E-state index in [1.807, 2.05) is 0 Å². The molecule has 0 bridgehead atoms. The minimum absolute atomic E-state index is 0.00691. The molecule has 2 fully saturated rings. The molecular formula is C21H27FN2O2. The van der Waals surface area contributed by atoms with Crippen molar-refractivity contribution >= 4 is 11.8 Å². The van der Waals surface area contributed by atoms with Gasteiger partial charge in [-0.25, -0.2) is 4.39 Å². The Morgan fingerprint density at radius 2 is 1.85 bits per heavy atom. The highest BCUT2D eigenvalue weighted by atomic mass is 19.1. The van der Waals surface area contributed by atoms with Gasteiger partial charge in [-0.3, -0.25) is 9.59 Å². The molecule has 2 aliphatic carbocycles. The van der Waals surface area contributed by atoms with Crippen molar-refractivity contribution < 1.29 is 14.0 Å². The van der Waals surface area contributed by atoms with Gasteiger partial charge in [-0.15, -0.1) is 0 Å². The van der Waals surface area contributed by atoms with E-state index in [0.29, 0.717) is 12.5 Å². The molecule has 3 rings (SSSR count). The Bertz CT molecular complexity index is 661. The Labute approximate surface area is 154 Å². The fourth-order valence-electron chi connectivity index (χ4n) is 4.00. The van der Waals surface area contributed by atoms with Crippen LogP contribution in [0, 0.1) is 11.7 Å². The van der Waals surface area contributed by atoms with Crippen molar-refractivity contribution in [2.45, 2.75) is 56.4 Å². The minimum Gasteiger partial charge on any atom is -0.351 e. The molecule has 1 aromatic carbocycles. The van der Waals surface area contributed by atoms with Crippen molar-refractivity contribution in [3.05, 3.63) is 48.3 Å². The smallest absolute Gasteiger partial charge is 0.243 e. The number of amides is 2. The average Bonchev–Trinajstić information content (AvgIpc) is 3.48. The van der Waals surface area contributed by atoms with Gasteiger partial charge in [0.1, 0.15) is 5.82 Å². The molecule has 2 N–H and O–H groups in total. The number of carbonyl (C=O) groups excluding carboxylic acids is 2. The summed E-state index contributed by atoms with van der Waals surface area (Å²) in [7, 11) is 0. The molecule has 2 aliphatic rings. The Hall–Kier alpha value is -2.17. The first-order valence-electron chi connectivity index (χ1n) is 9.52. The maximum Gasteiger partial charge on any atom is 0.243 e. The average molecular weight is 358 g/mol. The highest BCUT2D eigenvalue weighted by molar-refractivity contribution is 5.91. The van der Waals surface area contributed by atoms with Crippen molar-refractivity contribution in [1.29, 1.82) is 0 Å². The zero-order chi connectivity index (χ0) is 18.6. The molecule has 0 aliphatic heterocycles. The summed E-state index contributed by atoms with van der Waals surface area (Å²) in [5.41, 5.74) is 0.331. The molecule has 0 radical (unpaired) electrons. The summed E-state index contributed by atoms with van der Waals surface area (Å²) in [4.78, 5) is 24.6. The van der Waals surface area contributed by atoms with Gasteiger partial charge in [-0.05, 0) is 55.4 Å². The Morgan fingerprint density at radius 1 is 1.19 bits per heavy atom. The molecule has 5 heteroatoms. The van der Waals surface area contributed by atoms with E-state index >= 15 is 0 Å². The second kappa shape index (κ2) is 8.02. The molecule has 1 unspecified atom stereocenters. The van der Waals surface area contributed by atoms with Crippen LogP contribution in [0.4, 0.5) is 4.39 Å². The van der Waals surface area contributed by atoms with Gasteiger partial charge in [0, 0.05) is 12.6 Å². The van der Waals surface area contributed by atoms with Gasteiger partial charge in [-0.2, -0.15) is 0 Å². The standard InChI is InChI=1S/C21H27FN2O2/c1-2-19(25)23-14-18(15-6-4-3-5-7-15)24-20(26)21(12-13-21)16-8-10-17(22)11-9-16/h2,8-11,15,18H,1,3-7,12-14H2,(H,23,25)(H,24,26). The van der Waals surface area contributed by atoms with Crippen molar-refractivity contribution in [3.8, 4) is 0 Å². The van der Waals surface area contributed by atoms with Gasteiger partial charge in [0.2, 0.25) is 11.8 Å². The first-order valence-corrected chi connectivity index (χ1v) is 9.52. The molecule has 26 heavy (non-hydrogen) atoms. The van der Waals surface area contributed by atoms with E-state index in [1.54, 1.807) is 12.1 Å². The Kier molecular flexibility index (Phi) is 5.74. The zero-order valence-electron chi connectivity index (χ0n) is 15.1. The largest absolute Gasteiger partial charge is 0.351 e. The van der Waals surface area contributed by atoms with Crippen LogP contribution < -0.4 is 10.6 Å². The maximum atomic E-state index is 13.2. The number of halogens is 1.